The van der Waals surface area contributed by atoms with Crippen molar-refractivity contribution in [2.75, 3.05) is 11.7 Å². The predicted molar refractivity (Wildman–Crippen MR) is 88.0 cm³/mol. The first-order valence-electron chi connectivity index (χ1n) is 6.82. The maximum atomic E-state index is 12.7. The van der Waals surface area contributed by atoms with Crippen molar-refractivity contribution >= 4 is 34.8 Å². The van der Waals surface area contributed by atoms with E-state index in [0.717, 1.165) is 0 Å². The number of nitrogens with zero attached hydrogens (tertiary/aromatic N) is 5. The highest BCUT2D eigenvalue weighted by Gasteiger charge is 2.32. The van der Waals surface area contributed by atoms with Crippen LogP contribution in [0.5, 0.6) is 5.88 Å². The van der Waals surface area contributed by atoms with Crippen LogP contribution in [0.3, 0.4) is 0 Å². The molecular weight excluding hydrogens is 393 g/mol. The summed E-state index contributed by atoms with van der Waals surface area (Å²) >= 11 is 7.04. The largest absolute Gasteiger partial charge is 0.417 e. The number of nitrogens with one attached hydrogen (secondary N) is 1. The molecule has 12 heteroatoms. The van der Waals surface area contributed by atoms with Gasteiger partial charge in [-0.25, -0.2) is 15.4 Å². The van der Waals surface area contributed by atoms with E-state index < -0.39 is 11.7 Å². The summed E-state index contributed by atoms with van der Waals surface area (Å²) in [5.41, 5.74) is 2.08. The lowest BCUT2D eigenvalue weighted by molar-refractivity contribution is -0.137. The summed E-state index contributed by atoms with van der Waals surface area (Å²) in [4.78, 5) is 13.0. The fourth-order valence-corrected chi connectivity index (χ4v) is 2.75. The Morgan fingerprint density at radius 3 is 2.81 bits per heavy atom. The number of hydrogen-bond acceptors (Lipinski definition) is 7. The Bertz CT molecular complexity index is 1020. The van der Waals surface area contributed by atoms with Gasteiger partial charge in [-0.3, -0.25) is 0 Å². The van der Waals surface area contributed by atoms with Gasteiger partial charge in [-0.15, -0.1) is 11.8 Å². The molecule has 134 valence electrons. The Labute approximate surface area is 153 Å². The van der Waals surface area contributed by atoms with Crippen molar-refractivity contribution in [3.63, 3.8) is 0 Å². The molecule has 0 saturated heterocycles. The van der Waals surface area contributed by atoms with Gasteiger partial charge in [-0.1, -0.05) is 11.6 Å². The average molecular weight is 401 g/mol. The van der Waals surface area contributed by atoms with Gasteiger partial charge < -0.3 is 4.84 Å². The van der Waals surface area contributed by atoms with E-state index in [1.807, 2.05) is 6.07 Å². The first-order chi connectivity index (χ1) is 12.3. The zero-order chi connectivity index (χ0) is 18.9. The van der Waals surface area contributed by atoms with E-state index in [9.17, 15) is 18.4 Å². The normalized spacial score (nSPS) is 11.4. The number of rotatable bonds is 4. The zero-order valence-corrected chi connectivity index (χ0v) is 14.4. The average Bonchev–Trinajstić information content (AvgIpc) is 3.06. The van der Waals surface area contributed by atoms with Gasteiger partial charge in [0, 0.05) is 12.3 Å². The maximum absolute atomic E-state index is 12.7. The smallest absolute Gasteiger partial charge is 0.359 e. The number of pyridine rings is 1. The van der Waals surface area contributed by atoms with E-state index in [4.69, 9.17) is 16.4 Å². The van der Waals surface area contributed by atoms with Gasteiger partial charge in [0.1, 0.15) is 21.7 Å². The molecule has 3 rings (SSSR count). The third-order valence-corrected chi connectivity index (χ3v) is 4.14. The molecule has 0 atom stereocenters. The Morgan fingerprint density at radius 2 is 2.19 bits per heavy atom. The summed E-state index contributed by atoms with van der Waals surface area (Å²) < 4.78 is 39.3. The van der Waals surface area contributed by atoms with Gasteiger partial charge in [-0.05, 0) is 12.3 Å². The van der Waals surface area contributed by atoms with Crippen molar-refractivity contribution in [1.82, 2.24) is 19.6 Å². The lowest BCUT2D eigenvalue weighted by Gasteiger charge is -2.13. The van der Waals surface area contributed by atoms with Gasteiger partial charge in [0.25, 0.3) is 5.88 Å². The van der Waals surface area contributed by atoms with Crippen LogP contribution >= 0.6 is 23.4 Å². The van der Waals surface area contributed by atoms with E-state index in [2.05, 4.69) is 20.5 Å². The molecule has 1 N–H and O–H groups in total. The highest BCUT2D eigenvalue weighted by atomic mass is 35.5. The lowest BCUT2D eigenvalue weighted by Crippen LogP contribution is -2.14. The zero-order valence-electron chi connectivity index (χ0n) is 12.9. The van der Waals surface area contributed by atoms with Crippen LogP contribution in [-0.4, -0.2) is 25.8 Å². The van der Waals surface area contributed by atoms with Crippen molar-refractivity contribution in [3.8, 4) is 11.9 Å². The number of fused-ring (bicyclic) bond motifs is 1. The molecule has 0 radical (unpaired) electrons. The molecule has 0 fully saturated rings. The number of anilines is 1. The van der Waals surface area contributed by atoms with Crippen molar-refractivity contribution in [2.24, 2.45) is 0 Å². The van der Waals surface area contributed by atoms with Gasteiger partial charge in [-0.2, -0.15) is 28.0 Å². The number of hydrogen-bond donors (Lipinski definition) is 1. The van der Waals surface area contributed by atoms with E-state index in [1.165, 1.54) is 22.5 Å². The molecule has 0 saturated carbocycles. The molecule has 0 aliphatic heterocycles. The van der Waals surface area contributed by atoms with Crippen molar-refractivity contribution in [1.29, 1.82) is 5.26 Å². The van der Waals surface area contributed by atoms with E-state index in [1.54, 1.807) is 12.3 Å². The molecule has 7 nitrogen and oxygen atoms in total. The molecular formula is C14H8ClF3N6OS. The van der Waals surface area contributed by atoms with E-state index >= 15 is 0 Å². The van der Waals surface area contributed by atoms with Crippen LogP contribution in [0, 0.1) is 11.3 Å². The molecule has 0 aliphatic carbocycles. The van der Waals surface area contributed by atoms with E-state index in [0.29, 0.717) is 22.9 Å². The number of halogens is 4. The molecule has 0 aliphatic rings. The minimum absolute atomic E-state index is 0.143. The van der Waals surface area contributed by atoms with Crippen LogP contribution < -0.4 is 10.3 Å². The molecule has 0 unspecified atom stereocenters. The Kier molecular flexibility index (Phi) is 4.80. The molecule has 0 bridgehead atoms. The fraction of sp³-hybridized carbons (Fsp3) is 0.143. The van der Waals surface area contributed by atoms with Crippen LogP contribution in [0.15, 0.2) is 29.6 Å². The third kappa shape index (κ3) is 3.33. The molecule has 3 aromatic rings. The highest BCUT2D eigenvalue weighted by molar-refractivity contribution is 7.98. The quantitative estimate of drug-likeness (QED) is 0.405. The monoisotopic (exact) mass is 400 g/mol. The third-order valence-electron chi connectivity index (χ3n) is 3.19. The SMILES string of the molecule is CSc1nc2ccnn2c(NOc2ncc(C(F)(F)F)cc2Cl)c1C#N. The molecule has 0 amide bonds. The lowest BCUT2D eigenvalue weighted by atomic mass is 10.3. The number of thioether (sulfide) groups is 1. The second-order valence-electron chi connectivity index (χ2n) is 4.77. The van der Waals surface area contributed by atoms with Crippen LogP contribution in [0.1, 0.15) is 11.1 Å². The van der Waals surface area contributed by atoms with Crippen molar-refractivity contribution in [3.05, 3.63) is 40.7 Å². The summed E-state index contributed by atoms with van der Waals surface area (Å²) in [7, 11) is 0. The summed E-state index contributed by atoms with van der Waals surface area (Å²) in [6, 6.07) is 4.30. The van der Waals surface area contributed by atoms with Crippen LogP contribution in [-0.2, 0) is 6.18 Å². The minimum Gasteiger partial charge on any atom is -0.359 e. The number of alkyl halides is 3. The molecule has 0 spiro atoms. The van der Waals surface area contributed by atoms with Crippen LogP contribution in [0.2, 0.25) is 5.02 Å². The summed E-state index contributed by atoms with van der Waals surface area (Å²) in [5, 5.41) is 13.5. The standard InChI is InChI=1S/C14H8ClF3N6OS/c1-26-13-8(5-19)11(24-10(22-13)2-3-21-24)23-25-12-9(15)4-7(6-20-12)14(16,17)18/h2-4,6,23H,1H3. The Hall–Kier alpha value is -2.71. The summed E-state index contributed by atoms with van der Waals surface area (Å²) in [6.07, 6.45) is -0.759. The Morgan fingerprint density at radius 1 is 1.42 bits per heavy atom. The van der Waals surface area contributed by atoms with Crippen molar-refractivity contribution in [2.45, 2.75) is 11.2 Å². The molecule has 3 aromatic heterocycles. The Balaban J connectivity index is 1.96. The second kappa shape index (κ2) is 6.89. The fourth-order valence-electron chi connectivity index (χ4n) is 2.02. The second-order valence-corrected chi connectivity index (χ2v) is 5.97. The number of nitriles is 1. The van der Waals surface area contributed by atoms with Gasteiger partial charge in [0.2, 0.25) is 0 Å². The first-order valence-corrected chi connectivity index (χ1v) is 8.43. The molecule has 26 heavy (non-hydrogen) atoms. The van der Waals surface area contributed by atoms with Gasteiger partial charge in [0.15, 0.2) is 11.5 Å². The maximum Gasteiger partial charge on any atom is 0.417 e. The topological polar surface area (TPSA) is 88.1 Å². The van der Waals surface area contributed by atoms with Crippen LogP contribution in [0.25, 0.3) is 5.65 Å². The summed E-state index contributed by atoms with van der Waals surface area (Å²) in [5.74, 6) is -0.143. The van der Waals surface area contributed by atoms with Crippen molar-refractivity contribution < 1.29 is 18.0 Å². The molecule has 3 heterocycles. The minimum atomic E-state index is -4.57. The first kappa shape index (κ1) is 18.1. The van der Waals surface area contributed by atoms with Gasteiger partial charge in [0.05, 0.1) is 11.8 Å². The van der Waals surface area contributed by atoms with Gasteiger partial charge >= 0.3 is 6.18 Å². The van der Waals surface area contributed by atoms with Crippen LogP contribution in [0.4, 0.5) is 19.0 Å². The molecule has 0 aromatic carbocycles. The summed E-state index contributed by atoms with van der Waals surface area (Å²) in [6.45, 7) is 0. The highest BCUT2D eigenvalue weighted by Crippen LogP contribution is 2.33. The van der Waals surface area contributed by atoms with E-state index in [-0.39, 0.29) is 22.3 Å². The number of aromatic nitrogens is 4. The predicted octanol–water partition coefficient (Wildman–Crippen LogP) is 3.80.